The lowest BCUT2D eigenvalue weighted by atomic mass is 9.92. The van der Waals surface area contributed by atoms with Crippen molar-refractivity contribution in [2.24, 2.45) is 0 Å². The number of carbonyl (C=O) groups is 1. The molecule has 204 valence electrons. The van der Waals surface area contributed by atoms with Gasteiger partial charge in [-0.05, 0) is 42.5 Å². The van der Waals surface area contributed by atoms with Crippen LogP contribution < -0.4 is 11.1 Å². The van der Waals surface area contributed by atoms with E-state index in [1.807, 2.05) is 32.3 Å². The van der Waals surface area contributed by atoms with Gasteiger partial charge in [-0.3, -0.25) is 9.48 Å². The van der Waals surface area contributed by atoms with E-state index in [-0.39, 0.29) is 17.9 Å². The third kappa shape index (κ3) is 4.48. The highest BCUT2D eigenvalue weighted by Gasteiger charge is 2.34. The van der Waals surface area contributed by atoms with Crippen molar-refractivity contribution < 1.29 is 9.90 Å². The topological polar surface area (TPSA) is 127 Å². The Morgan fingerprint density at radius 3 is 2.70 bits per heavy atom. The first-order valence-electron chi connectivity index (χ1n) is 13.9. The number of likely N-dealkylation sites (tertiary alicyclic amines) is 1. The number of nitrogens with zero attached hydrogens (tertiary/aromatic N) is 6. The van der Waals surface area contributed by atoms with Crippen molar-refractivity contribution in [1.29, 1.82) is 0 Å². The van der Waals surface area contributed by atoms with E-state index in [1.54, 1.807) is 0 Å². The predicted octanol–water partition coefficient (Wildman–Crippen LogP) is 2.81. The number of hydrogen-bond donors (Lipinski definition) is 3. The van der Waals surface area contributed by atoms with Gasteiger partial charge >= 0.3 is 0 Å². The van der Waals surface area contributed by atoms with E-state index in [2.05, 4.69) is 58.0 Å². The maximum atomic E-state index is 12.9. The predicted molar refractivity (Wildman–Crippen MR) is 153 cm³/mol. The van der Waals surface area contributed by atoms with Crippen molar-refractivity contribution in [2.45, 2.75) is 43.9 Å². The summed E-state index contributed by atoms with van der Waals surface area (Å²) in [6.07, 6.45) is 5.28. The molecule has 0 spiro atoms. The molecule has 7 rings (SSSR count). The highest BCUT2D eigenvalue weighted by molar-refractivity contribution is 5.92. The molecular formula is C30H32N8O2. The van der Waals surface area contributed by atoms with Crippen LogP contribution in [0.15, 0.2) is 67.1 Å². The van der Waals surface area contributed by atoms with Crippen molar-refractivity contribution in [3.8, 4) is 11.1 Å². The van der Waals surface area contributed by atoms with Gasteiger partial charge in [-0.25, -0.2) is 9.50 Å². The van der Waals surface area contributed by atoms with Gasteiger partial charge in [0.25, 0.3) is 0 Å². The summed E-state index contributed by atoms with van der Waals surface area (Å²) in [6, 6.07) is 18.5. The molecule has 2 saturated heterocycles. The zero-order chi connectivity index (χ0) is 27.2. The Kier molecular flexibility index (Phi) is 6.21. The van der Waals surface area contributed by atoms with Gasteiger partial charge in [-0.15, -0.1) is 0 Å². The fourth-order valence-corrected chi connectivity index (χ4v) is 6.21. The normalized spacial score (nSPS) is 20.1. The minimum atomic E-state index is -0.445. The van der Waals surface area contributed by atoms with E-state index in [9.17, 15) is 9.90 Å². The summed E-state index contributed by atoms with van der Waals surface area (Å²) in [4.78, 5) is 19.2. The van der Waals surface area contributed by atoms with E-state index >= 15 is 0 Å². The van der Waals surface area contributed by atoms with Crippen molar-refractivity contribution in [3.05, 3.63) is 78.4 Å². The Balaban J connectivity index is 1.17. The standard InChI is InChI=1S/C30H32N8O2/c31-29-28-24(21-6-7-22-17-37(35-25(22)12-21)16-19-4-2-1-3-5-19)14-27(38(28)34-18-33-29)20-8-10-36(11-9-20)30(40)26-13-23(39)15-32-26/h1-7,12,14,17-18,20,23,26,32,39H,8-11,13,15-16H2,(H2,31,33,34)/t23-,26?/m0/s1. The zero-order valence-electron chi connectivity index (χ0n) is 22.1. The van der Waals surface area contributed by atoms with Crippen molar-refractivity contribution in [1.82, 2.24) is 34.6 Å². The van der Waals surface area contributed by atoms with Gasteiger partial charge in [0.2, 0.25) is 5.91 Å². The molecule has 3 aromatic heterocycles. The van der Waals surface area contributed by atoms with E-state index in [0.717, 1.165) is 46.1 Å². The number of aliphatic hydroxyl groups excluding tert-OH is 1. The average Bonchev–Trinajstić information content (AvgIpc) is 3.70. The number of piperidine rings is 1. The number of aromatic nitrogens is 5. The summed E-state index contributed by atoms with van der Waals surface area (Å²) in [5.74, 6) is 0.752. The number of nitrogens with one attached hydrogen (secondary N) is 1. The Bertz CT molecular complexity index is 1690. The summed E-state index contributed by atoms with van der Waals surface area (Å²) < 4.78 is 3.90. The van der Waals surface area contributed by atoms with Crippen LogP contribution >= 0.6 is 0 Å². The molecule has 5 aromatic rings. The second-order valence-corrected chi connectivity index (χ2v) is 10.9. The smallest absolute Gasteiger partial charge is 0.239 e. The molecule has 2 atom stereocenters. The third-order valence-corrected chi connectivity index (χ3v) is 8.29. The molecule has 2 aromatic carbocycles. The van der Waals surface area contributed by atoms with Crippen molar-refractivity contribution in [3.63, 3.8) is 0 Å². The van der Waals surface area contributed by atoms with Crippen LogP contribution in [0, 0.1) is 0 Å². The number of nitrogen functional groups attached to an aromatic ring is 1. The van der Waals surface area contributed by atoms with Crippen LogP contribution in [0.5, 0.6) is 0 Å². The zero-order valence-corrected chi connectivity index (χ0v) is 22.1. The second kappa shape index (κ2) is 10.0. The first-order valence-corrected chi connectivity index (χ1v) is 13.9. The lowest BCUT2D eigenvalue weighted by molar-refractivity contribution is -0.134. The molecule has 2 fully saturated rings. The molecule has 0 bridgehead atoms. The first kappa shape index (κ1) is 24.7. The average molecular weight is 537 g/mol. The number of nitrogens with two attached hydrogens (primary N) is 1. The molecular weight excluding hydrogens is 504 g/mol. The largest absolute Gasteiger partial charge is 0.392 e. The van der Waals surface area contributed by atoms with Gasteiger partial charge in [0.1, 0.15) is 11.8 Å². The molecule has 0 saturated carbocycles. The summed E-state index contributed by atoms with van der Waals surface area (Å²) in [6.45, 7) is 2.53. The number of benzene rings is 2. The highest BCUT2D eigenvalue weighted by atomic mass is 16.3. The Morgan fingerprint density at radius 2 is 1.93 bits per heavy atom. The molecule has 0 radical (unpaired) electrons. The molecule has 1 amide bonds. The maximum absolute atomic E-state index is 12.9. The van der Waals surface area contributed by atoms with Crippen molar-refractivity contribution >= 4 is 28.1 Å². The van der Waals surface area contributed by atoms with Crippen LogP contribution in [0.3, 0.4) is 0 Å². The Morgan fingerprint density at radius 1 is 1.10 bits per heavy atom. The van der Waals surface area contributed by atoms with E-state index in [0.29, 0.717) is 38.4 Å². The van der Waals surface area contributed by atoms with Crippen LogP contribution in [-0.4, -0.2) is 72.1 Å². The first-order chi connectivity index (χ1) is 19.5. The number of anilines is 1. The lowest BCUT2D eigenvalue weighted by Gasteiger charge is -2.33. The molecule has 1 unspecified atom stereocenters. The number of amides is 1. The molecule has 10 heteroatoms. The fraction of sp³-hybridized carbons (Fsp3) is 0.333. The number of aliphatic hydroxyl groups is 1. The number of hydrogen-bond acceptors (Lipinski definition) is 7. The van der Waals surface area contributed by atoms with Gasteiger partial charge in [0, 0.05) is 48.4 Å². The summed E-state index contributed by atoms with van der Waals surface area (Å²) in [5, 5.41) is 23.5. The van der Waals surface area contributed by atoms with Crippen LogP contribution in [-0.2, 0) is 11.3 Å². The molecule has 2 aliphatic heterocycles. The van der Waals surface area contributed by atoms with Crippen LogP contribution in [0.25, 0.3) is 27.5 Å². The SMILES string of the molecule is Nc1ncnn2c(C3CCN(C(=O)C4C[C@H](O)CN4)CC3)cc(-c3ccc4cn(Cc5ccccc5)nc4c3)c12. The van der Waals surface area contributed by atoms with Gasteiger partial charge < -0.3 is 21.1 Å². The highest BCUT2D eigenvalue weighted by Crippen LogP contribution is 2.37. The number of carbonyl (C=O) groups excluding carboxylic acids is 1. The van der Waals surface area contributed by atoms with Gasteiger partial charge in [0.15, 0.2) is 5.82 Å². The minimum absolute atomic E-state index is 0.0854. The maximum Gasteiger partial charge on any atom is 0.239 e. The number of β-amino-alcohol motifs (C(OH)–C–C–N with tert-alkyl or cyclic N) is 1. The fourth-order valence-electron chi connectivity index (χ4n) is 6.21. The van der Waals surface area contributed by atoms with Gasteiger partial charge in [0.05, 0.1) is 24.2 Å². The molecule has 5 heterocycles. The van der Waals surface area contributed by atoms with Gasteiger partial charge in [-0.1, -0.05) is 42.5 Å². The van der Waals surface area contributed by atoms with Crippen molar-refractivity contribution in [2.75, 3.05) is 25.4 Å². The van der Waals surface area contributed by atoms with Crippen LogP contribution in [0.1, 0.15) is 36.4 Å². The van der Waals surface area contributed by atoms with E-state index < -0.39 is 6.10 Å². The lowest BCUT2D eigenvalue weighted by Crippen LogP contribution is -2.46. The molecule has 40 heavy (non-hydrogen) atoms. The molecule has 4 N–H and O–H groups in total. The molecule has 0 aliphatic carbocycles. The second-order valence-electron chi connectivity index (χ2n) is 10.9. The molecule has 2 aliphatic rings. The van der Waals surface area contributed by atoms with Crippen LogP contribution in [0.2, 0.25) is 0 Å². The Hall–Kier alpha value is -4.28. The molecule has 10 nitrogen and oxygen atoms in total. The number of rotatable bonds is 5. The van der Waals surface area contributed by atoms with Gasteiger partial charge in [-0.2, -0.15) is 10.2 Å². The quantitative estimate of drug-likeness (QED) is 0.315. The summed E-state index contributed by atoms with van der Waals surface area (Å²) in [5.41, 5.74) is 12.4. The Labute approximate surface area is 231 Å². The van der Waals surface area contributed by atoms with E-state index in [4.69, 9.17) is 10.8 Å². The summed E-state index contributed by atoms with van der Waals surface area (Å²) in [7, 11) is 0. The van der Waals surface area contributed by atoms with Crippen LogP contribution in [0.4, 0.5) is 5.82 Å². The third-order valence-electron chi connectivity index (χ3n) is 8.29. The minimum Gasteiger partial charge on any atom is -0.392 e. The number of fused-ring (bicyclic) bond motifs is 2. The van der Waals surface area contributed by atoms with E-state index in [1.165, 1.54) is 11.9 Å². The summed E-state index contributed by atoms with van der Waals surface area (Å²) >= 11 is 0. The monoisotopic (exact) mass is 536 g/mol.